The molecule has 0 aliphatic rings. The van der Waals surface area contributed by atoms with Gasteiger partial charge in [-0.3, -0.25) is 4.68 Å². The largest absolute Gasteiger partial charge is 0.465 e. The molecule has 0 saturated carbocycles. The van der Waals surface area contributed by atoms with Crippen molar-refractivity contribution in [3.05, 3.63) is 35.7 Å². The molecule has 0 bridgehead atoms. The number of nitrogens with zero attached hydrogens (tertiary/aromatic N) is 3. The number of esters is 1. The molecule has 6 heteroatoms. The number of pyridine rings is 1. The Labute approximate surface area is 109 Å². The zero-order chi connectivity index (χ0) is 13.1. The summed E-state index contributed by atoms with van der Waals surface area (Å²) in [5.41, 5.74) is 1.44. The first-order valence-electron chi connectivity index (χ1n) is 5.33. The van der Waals surface area contributed by atoms with Crippen molar-refractivity contribution >= 4 is 17.7 Å². The number of aromatic nitrogens is 3. The monoisotopic (exact) mass is 263 g/mol. The van der Waals surface area contributed by atoms with Crippen molar-refractivity contribution in [2.24, 2.45) is 7.05 Å². The molecule has 0 saturated heterocycles. The minimum atomic E-state index is -0.361. The Hall–Kier alpha value is -1.82. The molecule has 94 valence electrons. The highest BCUT2D eigenvalue weighted by Crippen LogP contribution is 2.26. The fourth-order valence-electron chi connectivity index (χ4n) is 1.50. The molecule has 2 aromatic heterocycles. The molecule has 0 spiro atoms. The lowest BCUT2D eigenvalue weighted by Crippen LogP contribution is -2.01. The standard InChI is InChI=1S/C12H13N3O2S/c1-8-6-11(15(2)14-8)18-10-7-9(4-5-13-10)12(16)17-3/h4-7H,1-3H3. The number of carbonyl (C=O) groups is 1. The summed E-state index contributed by atoms with van der Waals surface area (Å²) in [6, 6.07) is 5.31. The molecule has 2 heterocycles. The summed E-state index contributed by atoms with van der Waals surface area (Å²) >= 11 is 1.46. The van der Waals surface area contributed by atoms with Gasteiger partial charge in [0.05, 0.1) is 18.4 Å². The first-order valence-corrected chi connectivity index (χ1v) is 6.14. The molecule has 5 nitrogen and oxygen atoms in total. The van der Waals surface area contributed by atoms with Crippen LogP contribution >= 0.6 is 11.8 Å². The number of hydrogen-bond donors (Lipinski definition) is 0. The molecule has 0 amide bonds. The number of rotatable bonds is 3. The van der Waals surface area contributed by atoms with Crippen molar-refractivity contribution in [2.45, 2.75) is 17.0 Å². The number of ether oxygens (including phenoxy) is 1. The summed E-state index contributed by atoms with van der Waals surface area (Å²) in [6.45, 7) is 1.93. The molecule has 0 aromatic carbocycles. The summed E-state index contributed by atoms with van der Waals surface area (Å²) in [5, 5.41) is 5.97. The number of methoxy groups -OCH3 is 1. The van der Waals surface area contributed by atoms with Crippen LogP contribution in [0.1, 0.15) is 16.1 Å². The van der Waals surface area contributed by atoms with Crippen LogP contribution in [0.15, 0.2) is 34.4 Å². The summed E-state index contributed by atoms with van der Waals surface area (Å²) in [6.07, 6.45) is 1.60. The predicted octanol–water partition coefficient (Wildman–Crippen LogP) is 2.06. The quantitative estimate of drug-likeness (QED) is 0.793. The third-order valence-electron chi connectivity index (χ3n) is 2.32. The van der Waals surface area contributed by atoms with E-state index in [9.17, 15) is 4.79 Å². The van der Waals surface area contributed by atoms with Gasteiger partial charge in [0.1, 0.15) is 10.1 Å². The predicted molar refractivity (Wildman–Crippen MR) is 67.6 cm³/mol. The van der Waals surface area contributed by atoms with Crippen LogP contribution in [0.4, 0.5) is 0 Å². The first-order chi connectivity index (χ1) is 8.60. The van der Waals surface area contributed by atoms with Crippen LogP contribution < -0.4 is 0 Å². The van der Waals surface area contributed by atoms with Crippen molar-refractivity contribution in [3.63, 3.8) is 0 Å². The molecular formula is C12H13N3O2S. The van der Waals surface area contributed by atoms with Gasteiger partial charge in [-0.2, -0.15) is 5.10 Å². The van der Waals surface area contributed by atoms with Crippen LogP contribution in [0.25, 0.3) is 0 Å². The highest BCUT2D eigenvalue weighted by molar-refractivity contribution is 7.99. The molecule has 0 aliphatic heterocycles. The maximum atomic E-state index is 11.4. The fraction of sp³-hybridized carbons (Fsp3) is 0.250. The van der Waals surface area contributed by atoms with E-state index in [-0.39, 0.29) is 5.97 Å². The Morgan fingerprint density at radius 3 is 2.83 bits per heavy atom. The van der Waals surface area contributed by atoms with E-state index in [4.69, 9.17) is 0 Å². The van der Waals surface area contributed by atoms with Gasteiger partial charge in [-0.15, -0.1) is 0 Å². The first kappa shape index (κ1) is 12.6. The highest BCUT2D eigenvalue weighted by Gasteiger charge is 2.09. The molecule has 0 aliphatic carbocycles. The topological polar surface area (TPSA) is 57.0 Å². The van der Waals surface area contributed by atoms with Gasteiger partial charge < -0.3 is 4.74 Å². The van der Waals surface area contributed by atoms with Crippen LogP contribution in [0.5, 0.6) is 0 Å². The van der Waals surface area contributed by atoms with Crippen LogP contribution in [0.3, 0.4) is 0 Å². The third kappa shape index (κ3) is 2.70. The van der Waals surface area contributed by atoms with Crippen molar-refractivity contribution in [2.75, 3.05) is 7.11 Å². The van der Waals surface area contributed by atoms with Crippen LogP contribution in [0.2, 0.25) is 0 Å². The molecule has 2 rings (SSSR count). The third-order valence-corrected chi connectivity index (χ3v) is 3.35. The van der Waals surface area contributed by atoms with Crippen molar-refractivity contribution in [1.29, 1.82) is 0 Å². The van der Waals surface area contributed by atoms with Crippen LogP contribution in [-0.4, -0.2) is 27.8 Å². The maximum absolute atomic E-state index is 11.4. The summed E-state index contributed by atoms with van der Waals surface area (Å²) in [7, 11) is 3.24. The van der Waals surface area contributed by atoms with E-state index >= 15 is 0 Å². The zero-order valence-electron chi connectivity index (χ0n) is 10.4. The van der Waals surface area contributed by atoms with Gasteiger partial charge in [0.2, 0.25) is 0 Å². The van der Waals surface area contributed by atoms with E-state index in [0.29, 0.717) is 5.56 Å². The number of aryl methyl sites for hydroxylation is 2. The average molecular weight is 263 g/mol. The lowest BCUT2D eigenvalue weighted by Gasteiger charge is -2.03. The fourth-order valence-corrected chi connectivity index (χ4v) is 2.42. The summed E-state index contributed by atoms with van der Waals surface area (Å²) in [4.78, 5) is 15.6. The Bertz CT molecular complexity index is 580. The summed E-state index contributed by atoms with van der Waals surface area (Å²) < 4.78 is 6.46. The van der Waals surface area contributed by atoms with Gasteiger partial charge in [-0.1, -0.05) is 11.8 Å². The second-order valence-electron chi connectivity index (χ2n) is 3.72. The highest BCUT2D eigenvalue weighted by atomic mass is 32.2. The molecule has 0 N–H and O–H groups in total. The SMILES string of the molecule is COC(=O)c1ccnc(Sc2cc(C)nn2C)c1. The Balaban J connectivity index is 2.24. The van der Waals surface area contributed by atoms with Crippen LogP contribution in [0, 0.1) is 6.92 Å². The molecule has 0 radical (unpaired) electrons. The molecule has 0 fully saturated rings. The minimum absolute atomic E-state index is 0.361. The lowest BCUT2D eigenvalue weighted by molar-refractivity contribution is 0.0600. The Morgan fingerprint density at radius 2 is 2.22 bits per heavy atom. The smallest absolute Gasteiger partial charge is 0.337 e. The van der Waals surface area contributed by atoms with E-state index in [1.807, 2.05) is 20.0 Å². The van der Waals surface area contributed by atoms with E-state index in [1.54, 1.807) is 23.0 Å². The Kier molecular flexibility index (Phi) is 3.66. The van der Waals surface area contributed by atoms with Crippen LogP contribution in [-0.2, 0) is 11.8 Å². The normalized spacial score (nSPS) is 10.4. The van der Waals surface area contributed by atoms with Gasteiger partial charge in [0, 0.05) is 13.2 Å². The van der Waals surface area contributed by atoms with E-state index in [2.05, 4.69) is 14.8 Å². The summed E-state index contributed by atoms with van der Waals surface area (Å²) in [5.74, 6) is -0.361. The van der Waals surface area contributed by atoms with E-state index in [1.165, 1.54) is 18.9 Å². The maximum Gasteiger partial charge on any atom is 0.337 e. The van der Waals surface area contributed by atoms with Gasteiger partial charge in [0.15, 0.2) is 0 Å². The molecule has 18 heavy (non-hydrogen) atoms. The van der Waals surface area contributed by atoms with Gasteiger partial charge in [-0.05, 0) is 25.1 Å². The van der Waals surface area contributed by atoms with Gasteiger partial charge in [-0.25, -0.2) is 9.78 Å². The van der Waals surface area contributed by atoms with E-state index < -0.39 is 0 Å². The van der Waals surface area contributed by atoms with Gasteiger partial charge >= 0.3 is 5.97 Å². The van der Waals surface area contributed by atoms with Crippen molar-refractivity contribution < 1.29 is 9.53 Å². The number of carbonyl (C=O) groups excluding carboxylic acids is 1. The molecule has 0 unspecified atom stereocenters. The van der Waals surface area contributed by atoms with E-state index in [0.717, 1.165) is 15.7 Å². The molecule has 0 atom stereocenters. The van der Waals surface area contributed by atoms with Crippen molar-refractivity contribution in [3.8, 4) is 0 Å². The molecule has 2 aromatic rings. The zero-order valence-corrected chi connectivity index (χ0v) is 11.2. The minimum Gasteiger partial charge on any atom is -0.465 e. The number of hydrogen-bond acceptors (Lipinski definition) is 5. The van der Waals surface area contributed by atoms with Crippen molar-refractivity contribution in [1.82, 2.24) is 14.8 Å². The average Bonchev–Trinajstić information content (AvgIpc) is 2.67. The second-order valence-corrected chi connectivity index (χ2v) is 4.76. The van der Waals surface area contributed by atoms with Gasteiger partial charge in [0.25, 0.3) is 0 Å². The Morgan fingerprint density at radius 1 is 1.44 bits per heavy atom. The second kappa shape index (κ2) is 5.22. The molecular weight excluding hydrogens is 250 g/mol. The lowest BCUT2D eigenvalue weighted by atomic mass is 10.3.